The van der Waals surface area contributed by atoms with Crippen molar-refractivity contribution in [3.63, 3.8) is 0 Å². The number of thiophene rings is 1. The molecule has 1 aliphatic rings. The number of ether oxygens (including phenoxy) is 4. The number of fused-ring (bicyclic) bond motifs is 1. The first-order chi connectivity index (χ1) is 15.2. The van der Waals surface area contributed by atoms with Gasteiger partial charge in [-0.05, 0) is 53.8 Å². The van der Waals surface area contributed by atoms with Crippen LogP contribution in [0.4, 0.5) is 5.69 Å². The van der Waals surface area contributed by atoms with E-state index >= 15 is 0 Å². The SMILES string of the molecule is COc1ccc(OC)c(CCC(=O)N(Cc2cccs2)c2ccc3c(c2)OCCO3)c1. The smallest absolute Gasteiger partial charge is 0.227 e. The number of hydrogen-bond donors (Lipinski definition) is 0. The molecule has 31 heavy (non-hydrogen) atoms. The molecule has 2 aromatic carbocycles. The molecule has 0 unspecified atom stereocenters. The van der Waals surface area contributed by atoms with Crippen LogP contribution >= 0.6 is 11.3 Å². The monoisotopic (exact) mass is 439 g/mol. The highest BCUT2D eigenvalue weighted by atomic mass is 32.1. The molecular formula is C24H25NO5S. The zero-order valence-corrected chi connectivity index (χ0v) is 18.4. The number of amides is 1. The number of hydrogen-bond acceptors (Lipinski definition) is 6. The van der Waals surface area contributed by atoms with Crippen molar-refractivity contribution in [3.8, 4) is 23.0 Å². The van der Waals surface area contributed by atoms with Gasteiger partial charge < -0.3 is 23.8 Å². The van der Waals surface area contributed by atoms with E-state index in [1.165, 1.54) is 0 Å². The lowest BCUT2D eigenvalue weighted by Crippen LogP contribution is -2.30. The van der Waals surface area contributed by atoms with Crippen molar-refractivity contribution in [2.75, 3.05) is 32.3 Å². The maximum atomic E-state index is 13.4. The molecule has 6 nitrogen and oxygen atoms in total. The van der Waals surface area contributed by atoms with Crippen LogP contribution in [-0.4, -0.2) is 33.3 Å². The number of anilines is 1. The molecule has 7 heteroatoms. The van der Waals surface area contributed by atoms with Gasteiger partial charge in [-0.25, -0.2) is 0 Å². The molecule has 2 heterocycles. The van der Waals surface area contributed by atoms with Gasteiger partial charge in [0.15, 0.2) is 11.5 Å². The van der Waals surface area contributed by atoms with Crippen LogP contribution in [0.3, 0.4) is 0 Å². The van der Waals surface area contributed by atoms with Crippen LogP contribution in [0.25, 0.3) is 0 Å². The van der Waals surface area contributed by atoms with Crippen molar-refractivity contribution in [1.82, 2.24) is 0 Å². The molecule has 0 bridgehead atoms. The third-order valence-electron chi connectivity index (χ3n) is 5.13. The van der Waals surface area contributed by atoms with E-state index < -0.39 is 0 Å². The summed E-state index contributed by atoms with van der Waals surface area (Å²) < 4.78 is 22.1. The largest absolute Gasteiger partial charge is 0.497 e. The minimum Gasteiger partial charge on any atom is -0.497 e. The fourth-order valence-electron chi connectivity index (χ4n) is 3.54. The maximum Gasteiger partial charge on any atom is 0.227 e. The van der Waals surface area contributed by atoms with E-state index in [1.54, 1.807) is 30.5 Å². The molecule has 0 fully saturated rings. The van der Waals surface area contributed by atoms with E-state index in [0.29, 0.717) is 44.1 Å². The second-order valence-corrected chi connectivity index (χ2v) is 8.10. The molecule has 3 aromatic rings. The van der Waals surface area contributed by atoms with Gasteiger partial charge in [-0.3, -0.25) is 4.79 Å². The average molecular weight is 440 g/mol. The molecule has 0 N–H and O–H groups in total. The molecule has 0 spiro atoms. The summed E-state index contributed by atoms with van der Waals surface area (Å²) >= 11 is 1.63. The molecule has 1 aliphatic heterocycles. The summed E-state index contributed by atoms with van der Waals surface area (Å²) in [4.78, 5) is 16.3. The van der Waals surface area contributed by atoms with Crippen LogP contribution < -0.4 is 23.8 Å². The van der Waals surface area contributed by atoms with E-state index in [4.69, 9.17) is 18.9 Å². The van der Waals surface area contributed by atoms with Crippen molar-refractivity contribution < 1.29 is 23.7 Å². The van der Waals surface area contributed by atoms with Gasteiger partial charge >= 0.3 is 0 Å². The number of carbonyl (C=O) groups excluding carboxylic acids is 1. The summed E-state index contributed by atoms with van der Waals surface area (Å²) in [6.45, 7) is 1.54. The molecule has 162 valence electrons. The first-order valence-corrected chi connectivity index (χ1v) is 11.0. The highest BCUT2D eigenvalue weighted by Gasteiger charge is 2.21. The summed E-state index contributed by atoms with van der Waals surface area (Å²) in [7, 11) is 3.26. The van der Waals surface area contributed by atoms with Gasteiger partial charge in [0.05, 0.1) is 20.8 Å². The second-order valence-electron chi connectivity index (χ2n) is 7.06. The lowest BCUT2D eigenvalue weighted by molar-refractivity contribution is -0.118. The topological polar surface area (TPSA) is 57.2 Å². The molecule has 0 atom stereocenters. The van der Waals surface area contributed by atoms with Crippen molar-refractivity contribution >= 4 is 22.9 Å². The van der Waals surface area contributed by atoms with E-state index in [-0.39, 0.29) is 5.91 Å². The lowest BCUT2D eigenvalue weighted by Gasteiger charge is -2.25. The Morgan fingerprint density at radius 3 is 2.61 bits per heavy atom. The Kier molecular flexibility index (Phi) is 6.62. The first-order valence-electron chi connectivity index (χ1n) is 10.1. The third kappa shape index (κ3) is 4.94. The minimum absolute atomic E-state index is 0.0231. The van der Waals surface area contributed by atoms with Gasteiger partial charge in [0, 0.05) is 23.1 Å². The van der Waals surface area contributed by atoms with Crippen LogP contribution in [0.2, 0.25) is 0 Å². The molecule has 0 saturated carbocycles. The van der Waals surface area contributed by atoms with E-state index in [0.717, 1.165) is 27.6 Å². The highest BCUT2D eigenvalue weighted by molar-refractivity contribution is 7.09. The van der Waals surface area contributed by atoms with Crippen LogP contribution in [0.5, 0.6) is 23.0 Å². The Labute approximate surface area is 185 Å². The Morgan fingerprint density at radius 1 is 1.03 bits per heavy atom. The quantitative estimate of drug-likeness (QED) is 0.509. The van der Waals surface area contributed by atoms with E-state index in [1.807, 2.05) is 53.9 Å². The van der Waals surface area contributed by atoms with Crippen LogP contribution in [-0.2, 0) is 17.8 Å². The zero-order chi connectivity index (χ0) is 21.6. The normalized spacial score (nSPS) is 12.3. The van der Waals surface area contributed by atoms with E-state index in [2.05, 4.69) is 0 Å². The van der Waals surface area contributed by atoms with Crippen molar-refractivity contribution in [2.24, 2.45) is 0 Å². The fourth-order valence-corrected chi connectivity index (χ4v) is 4.23. The van der Waals surface area contributed by atoms with Crippen molar-refractivity contribution in [3.05, 3.63) is 64.4 Å². The zero-order valence-electron chi connectivity index (χ0n) is 17.6. The van der Waals surface area contributed by atoms with Crippen LogP contribution in [0, 0.1) is 0 Å². The summed E-state index contributed by atoms with van der Waals surface area (Å²) in [5.41, 5.74) is 1.73. The Morgan fingerprint density at radius 2 is 1.87 bits per heavy atom. The number of benzene rings is 2. The van der Waals surface area contributed by atoms with Crippen molar-refractivity contribution in [2.45, 2.75) is 19.4 Å². The van der Waals surface area contributed by atoms with Crippen LogP contribution in [0.15, 0.2) is 53.9 Å². The minimum atomic E-state index is 0.0231. The molecule has 0 saturated heterocycles. The fraction of sp³-hybridized carbons (Fsp3) is 0.292. The summed E-state index contributed by atoms with van der Waals surface area (Å²) in [6, 6.07) is 15.3. The standard InChI is InChI=1S/C24H25NO5S/c1-27-19-7-9-21(28-2)17(14-19)5-10-24(26)25(16-20-4-3-13-31-20)18-6-8-22-23(15-18)30-12-11-29-22/h3-4,6-9,13-15H,5,10-12,16H2,1-2H3. The first kappa shape index (κ1) is 21.1. The number of methoxy groups -OCH3 is 2. The van der Waals surface area contributed by atoms with Gasteiger partial charge in [-0.1, -0.05) is 6.07 Å². The van der Waals surface area contributed by atoms with E-state index in [9.17, 15) is 4.79 Å². The number of rotatable bonds is 8. The second kappa shape index (κ2) is 9.75. The third-order valence-corrected chi connectivity index (χ3v) is 5.99. The Bertz CT molecular complexity index is 1030. The molecule has 1 aromatic heterocycles. The van der Waals surface area contributed by atoms with Gasteiger partial charge in [0.2, 0.25) is 5.91 Å². The summed E-state index contributed by atoms with van der Waals surface area (Å²) in [5.74, 6) is 2.89. The number of nitrogens with zero attached hydrogens (tertiary/aromatic N) is 1. The van der Waals surface area contributed by atoms with Gasteiger partial charge in [-0.15, -0.1) is 11.3 Å². The molecule has 0 aliphatic carbocycles. The van der Waals surface area contributed by atoms with Crippen LogP contribution in [0.1, 0.15) is 16.9 Å². The van der Waals surface area contributed by atoms with Gasteiger partial charge in [0.25, 0.3) is 0 Å². The number of carbonyl (C=O) groups is 1. The Balaban J connectivity index is 1.56. The maximum absolute atomic E-state index is 13.4. The summed E-state index contributed by atoms with van der Waals surface area (Å²) in [6.07, 6.45) is 0.883. The molecular weight excluding hydrogens is 414 g/mol. The summed E-state index contributed by atoms with van der Waals surface area (Å²) in [5, 5.41) is 2.02. The predicted octanol–water partition coefficient (Wildman–Crippen LogP) is 4.70. The molecule has 1 amide bonds. The Hall–Kier alpha value is -3.19. The molecule has 0 radical (unpaired) electrons. The van der Waals surface area contributed by atoms with Crippen molar-refractivity contribution in [1.29, 1.82) is 0 Å². The highest BCUT2D eigenvalue weighted by Crippen LogP contribution is 2.35. The van der Waals surface area contributed by atoms with Gasteiger partial charge in [-0.2, -0.15) is 0 Å². The molecule has 4 rings (SSSR count). The lowest BCUT2D eigenvalue weighted by atomic mass is 10.1. The number of aryl methyl sites for hydroxylation is 1. The predicted molar refractivity (Wildman–Crippen MR) is 121 cm³/mol. The average Bonchev–Trinajstić information content (AvgIpc) is 3.33. The van der Waals surface area contributed by atoms with Gasteiger partial charge in [0.1, 0.15) is 24.7 Å².